The van der Waals surface area contributed by atoms with Crippen molar-refractivity contribution < 1.29 is 0 Å². The first-order valence-electron chi connectivity index (χ1n) is 2.98. The molecule has 1 aromatic rings. The molecule has 0 aliphatic carbocycles. The van der Waals surface area contributed by atoms with Crippen LogP contribution in [0, 0.1) is 13.8 Å². The minimum Gasteiger partial charge on any atom is -0.290 e. The normalized spacial score (nSPS) is 9.90. The Labute approximate surface area is 64.2 Å². The highest BCUT2D eigenvalue weighted by Gasteiger charge is 1.95. The third-order valence-electron chi connectivity index (χ3n) is 1.32. The number of rotatable bonds is 0. The van der Waals surface area contributed by atoms with Crippen molar-refractivity contribution in [2.45, 2.75) is 13.8 Å². The highest BCUT2D eigenvalue weighted by Crippen LogP contribution is 2.01. The molecule has 0 fully saturated rings. The van der Waals surface area contributed by atoms with E-state index < -0.39 is 0 Å². The molecule has 3 heteroatoms. The zero-order valence-electron chi connectivity index (χ0n) is 5.89. The molecule has 0 aliphatic rings. The largest absolute Gasteiger partial charge is 0.290 e. The molecule has 0 spiro atoms. The second-order valence-electron chi connectivity index (χ2n) is 2.25. The molecule has 0 atom stereocenters. The molecule has 0 aromatic carbocycles. The number of aryl methyl sites for hydroxylation is 2. The molecule has 0 unspecified atom stereocenters. The van der Waals surface area contributed by atoms with Gasteiger partial charge in [-0.2, -0.15) is 0 Å². The smallest absolute Gasteiger partial charge is 0.182 e. The molecule has 0 saturated heterocycles. The van der Waals surface area contributed by atoms with Crippen LogP contribution >= 0.6 is 11.8 Å². The second-order valence-corrected chi connectivity index (χ2v) is 2.59. The monoisotopic (exact) mass is 157 g/mol. The molecular formula is C7H8ClNO. The Balaban J connectivity index is 3.46. The Morgan fingerprint density at radius 3 is 2.10 bits per heavy atom. The Kier molecular flexibility index (Phi) is 1.81. The van der Waals surface area contributed by atoms with Crippen LogP contribution in [0.25, 0.3) is 0 Å². The lowest BCUT2D eigenvalue weighted by Crippen LogP contribution is -2.05. The number of aromatic nitrogens is 1. The van der Waals surface area contributed by atoms with Gasteiger partial charge in [-0.3, -0.25) is 8.88 Å². The fraction of sp³-hybridized carbons (Fsp3) is 0.286. The highest BCUT2D eigenvalue weighted by molar-refractivity contribution is 6.16. The van der Waals surface area contributed by atoms with Gasteiger partial charge in [-0.15, -0.1) is 0 Å². The van der Waals surface area contributed by atoms with E-state index in [0.717, 1.165) is 11.4 Å². The summed E-state index contributed by atoms with van der Waals surface area (Å²) < 4.78 is 1.46. The SMILES string of the molecule is Cc1cc(=O)cc(C)n1Cl. The van der Waals surface area contributed by atoms with Crippen molar-refractivity contribution in [1.29, 1.82) is 0 Å². The molecule has 0 radical (unpaired) electrons. The van der Waals surface area contributed by atoms with Crippen molar-refractivity contribution in [3.05, 3.63) is 33.7 Å². The van der Waals surface area contributed by atoms with Gasteiger partial charge in [0, 0.05) is 35.3 Å². The third-order valence-corrected chi connectivity index (χ3v) is 1.85. The van der Waals surface area contributed by atoms with E-state index in [9.17, 15) is 4.79 Å². The first-order chi connectivity index (χ1) is 4.61. The number of pyridine rings is 1. The maximum atomic E-state index is 10.8. The van der Waals surface area contributed by atoms with Crippen LogP contribution in [0.2, 0.25) is 0 Å². The molecule has 0 saturated carbocycles. The van der Waals surface area contributed by atoms with Gasteiger partial charge in [-0.25, -0.2) is 0 Å². The molecule has 1 aromatic heterocycles. The van der Waals surface area contributed by atoms with Gasteiger partial charge in [0.05, 0.1) is 0 Å². The summed E-state index contributed by atoms with van der Waals surface area (Å²) >= 11 is 5.73. The number of halogens is 1. The molecule has 0 N–H and O–H groups in total. The van der Waals surface area contributed by atoms with Gasteiger partial charge in [0.15, 0.2) is 5.43 Å². The lowest BCUT2D eigenvalue weighted by Gasteiger charge is -2.02. The van der Waals surface area contributed by atoms with Gasteiger partial charge in [0.1, 0.15) is 0 Å². The van der Waals surface area contributed by atoms with Crippen LogP contribution in [-0.2, 0) is 0 Å². The van der Waals surface area contributed by atoms with Crippen molar-refractivity contribution in [2.75, 3.05) is 0 Å². The zero-order valence-corrected chi connectivity index (χ0v) is 6.64. The van der Waals surface area contributed by atoms with Gasteiger partial charge in [-0.05, 0) is 13.8 Å². The fourth-order valence-electron chi connectivity index (χ4n) is 0.845. The minimum atomic E-state index is 0.00639. The summed E-state index contributed by atoms with van der Waals surface area (Å²) in [5, 5.41) is 0. The van der Waals surface area contributed by atoms with E-state index >= 15 is 0 Å². The van der Waals surface area contributed by atoms with Gasteiger partial charge in [0.2, 0.25) is 0 Å². The van der Waals surface area contributed by atoms with Gasteiger partial charge in [0.25, 0.3) is 0 Å². The van der Waals surface area contributed by atoms with Crippen LogP contribution in [0.3, 0.4) is 0 Å². The molecular weight excluding hydrogens is 150 g/mol. The van der Waals surface area contributed by atoms with Crippen LogP contribution in [0.5, 0.6) is 0 Å². The van der Waals surface area contributed by atoms with Crippen LogP contribution in [-0.4, -0.2) is 4.09 Å². The Morgan fingerprint density at radius 1 is 1.30 bits per heavy atom. The van der Waals surface area contributed by atoms with E-state index in [2.05, 4.69) is 0 Å². The highest BCUT2D eigenvalue weighted by atomic mass is 35.5. The predicted molar refractivity (Wildman–Crippen MR) is 41.4 cm³/mol. The standard InChI is InChI=1S/C7H8ClNO/c1-5-3-7(10)4-6(2)9(5)8/h3-4H,1-2H3. The van der Waals surface area contributed by atoms with E-state index in [-0.39, 0.29) is 5.43 Å². The first kappa shape index (κ1) is 7.35. The third kappa shape index (κ3) is 1.21. The second kappa shape index (κ2) is 2.46. The summed E-state index contributed by atoms with van der Waals surface area (Å²) in [6, 6.07) is 3.00. The lowest BCUT2D eigenvalue weighted by molar-refractivity contribution is 1.03. The molecule has 54 valence electrons. The topological polar surface area (TPSA) is 22.0 Å². The Bertz CT molecular complexity index is 277. The van der Waals surface area contributed by atoms with Crippen molar-refractivity contribution in [2.24, 2.45) is 0 Å². The van der Waals surface area contributed by atoms with E-state index in [0.29, 0.717) is 0 Å². The van der Waals surface area contributed by atoms with Crippen LogP contribution in [0.4, 0.5) is 0 Å². The molecule has 10 heavy (non-hydrogen) atoms. The molecule has 1 heterocycles. The van der Waals surface area contributed by atoms with Gasteiger partial charge >= 0.3 is 0 Å². The Hall–Kier alpha value is -0.760. The van der Waals surface area contributed by atoms with Gasteiger partial charge < -0.3 is 0 Å². The number of hydrogen-bond acceptors (Lipinski definition) is 1. The Morgan fingerprint density at radius 2 is 1.70 bits per heavy atom. The molecule has 0 bridgehead atoms. The lowest BCUT2D eigenvalue weighted by atomic mass is 10.3. The fourth-order valence-corrected chi connectivity index (χ4v) is 0.943. The molecule has 2 nitrogen and oxygen atoms in total. The van der Waals surface area contributed by atoms with Crippen LogP contribution < -0.4 is 5.43 Å². The van der Waals surface area contributed by atoms with Crippen molar-refractivity contribution in [3.63, 3.8) is 0 Å². The quantitative estimate of drug-likeness (QED) is 0.559. The minimum absolute atomic E-state index is 0.00639. The summed E-state index contributed by atoms with van der Waals surface area (Å²) in [5.41, 5.74) is 1.55. The maximum absolute atomic E-state index is 10.8. The molecule has 0 amide bonds. The summed E-state index contributed by atoms with van der Waals surface area (Å²) in [7, 11) is 0. The predicted octanol–water partition coefficient (Wildman–Crippen LogP) is 1.47. The van der Waals surface area contributed by atoms with Crippen molar-refractivity contribution in [1.82, 2.24) is 4.09 Å². The average Bonchev–Trinajstić information content (AvgIpc) is 1.82. The summed E-state index contributed by atoms with van der Waals surface area (Å²) in [5.74, 6) is 0. The summed E-state index contributed by atoms with van der Waals surface area (Å²) in [6.07, 6.45) is 0. The van der Waals surface area contributed by atoms with E-state index in [1.165, 1.54) is 16.2 Å². The van der Waals surface area contributed by atoms with E-state index in [1.54, 1.807) is 13.8 Å². The summed E-state index contributed by atoms with van der Waals surface area (Å²) in [6.45, 7) is 3.59. The van der Waals surface area contributed by atoms with E-state index in [4.69, 9.17) is 11.8 Å². The van der Waals surface area contributed by atoms with E-state index in [1.807, 2.05) is 0 Å². The number of hydrogen-bond donors (Lipinski definition) is 0. The molecule has 1 rings (SSSR count). The first-order valence-corrected chi connectivity index (χ1v) is 3.31. The summed E-state index contributed by atoms with van der Waals surface area (Å²) in [4.78, 5) is 10.8. The van der Waals surface area contributed by atoms with Gasteiger partial charge in [-0.1, -0.05) is 0 Å². The average molecular weight is 158 g/mol. The maximum Gasteiger partial charge on any atom is 0.182 e. The molecule has 0 aliphatic heterocycles. The van der Waals surface area contributed by atoms with Crippen LogP contribution in [0.1, 0.15) is 11.4 Å². The van der Waals surface area contributed by atoms with Crippen molar-refractivity contribution >= 4 is 11.8 Å². The van der Waals surface area contributed by atoms with Crippen LogP contribution in [0.15, 0.2) is 16.9 Å². The van der Waals surface area contributed by atoms with Crippen molar-refractivity contribution in [3.8, 4) is 0 Å². The zero-order chi connectivity index (χ0) is 7.72. The number of nitrogens with zero attached hydrogens (tertiary/aromatic N) is 1.